The van der Waals surface area contributed by atoms with Gasteiger partial charge in [0.1, 0.15) is 18.1 Å². The molecule has 3 rings (SSSR count). The molecule has 0 aliphatic carbocycles. The number of carbonyl (C=O) groups is 1. The van der Waals surface area contributed by atoms with Crippen molar-refractivity contribution in [1.82, 2.24) is 15.4 Å². The molecular weight excluding hydrogens is 342 g/mol. The second-order valence-corrected chi connectivity index (χ2v) is 7.25. The van der Waals surface area contributed by atoms with Crippen LogP contribution in [0.5, 0.6) is 5.75 Å². The topological polar surface area (TPSA) is 67.6 Å². The Morgan fingerprint density at radius 2 is 2.07 bits per heavy atom. The molecule has 2 aromatic rings. The van der Waals surface area contributed by atoms with Gasteiger partial charge in [0.25, 0.3) is 5.91 Å². The van der Waals surface area contributed by atoms with Crippen LogP contribution >= 0.6 is 0 Å². The average molecular weight is 371 g/mol. The zero-order chi connectivity index (χ0) is 19.2. The first-order chi connectivity index (χ1) is 13.0. The van der Waals surface area contributed by atoms with E-state index in [9.17, 15) is 4.79 Å². The number of rotatable bonds is 7. The molecule has 6 heteroatoms. The Kier molecular flexibility index (Phi) is 6.50. The Morgan fingerprint density at radius 1 is 1.30 bits per heavy atom. The van der Waals surface area contributed by atoms with Gasteiger partial charge in [-0.3, -0.25) is 9.69 Å². The number of likely N-dealkylation sites (tertiary alicyclic amines) is 1. The van der Waals surface area contributed by atoms with E-state index < -0.39 is 0 Å². The lowest BCUT2D eigenvalue weighted by atomic mass is 10.0. The summed E-state index contributed by atoms with van der Waals surface area (Å²) in [6.07, 6.45) is 3.83. The van der Waals surface area contributed by atoms with Crippen molar-refractivity contribution in [3.8, 4) is 5.75 Å². The van der Waals surface area contributed by atoms with Crippen molar-refractivity contribution in [1.29, 1.82) is 0 Å². The van der Waals surface area contributed by atoms with Gasteiger partial charge in [0.15, 0.2) is 0 Å². The second-order valence-electron chi connectivity index (χ2n) is 7.25. The van der Waals surface area contributed by atoms with E-state index >= 15 is 0 Å². The van der Waals surface area contributed by atoms with Gasteiger partial charge in [-0.2, -0.15) is 0 Å². The van der Waals surface area contributed by atoms with Crippen LogP contribution < -0.4 is 10.1 Å². The lowest BCUT2D eigenvalue weighted by Crippen LogP contribution is -2.42. The number of amides is 1. The normalized spacial score (nSPS) is 17.7. The SMILES string of the molecule is Cc1noc(C)c1COc1ccc(C(=O)NCCN2CCCCC2C)cc1. The Bertz CT molecular complexity index is 735. The minimum Gasteiger partial charge on any atom is -0.489 e. The smallest absolute Gasteiger partial charge is 0.251 e. The number of nitrogens with zero attached hydrogens (tertiary/aromatic N) is 2. The van der Waals surface area contributed by atoms with Crippen LogP contribution in [0.25, 0.3) is 0 Å². The van der Waals surface area contributed by atoms with E-state index in [1.165, 1.54) is 19.3 Å². The molecule has 1 aliphatic heterocycles. The number of ether oxygens (including phenoxy) is 1. The van der Waals surface area contributed by atoms with Gasteiger partial charge in [-0.1, -0.05) is 11.6 Å². The first-order valence-corrected chi connectivity index (χ1v) is 9.71. The molecule has 1 atom stereocenters. The molecule has 0 spiro atoms. The van der Waals surface area contributed by atoms with E-state index in [0.29, 0.717) is 30.5 Å². The van der Waals surface area contributed by atoms with Crippen LogP contribution in [-0.2, 0) is 6.61 Å². The van der Waals surface area contributed by atoms with Gasteiger partial charge in [-0.15, -0.1) is 0 Å². The maximum Gasteiger partial charge on any atom is 0.251 e. The maximum atomic E-state index is 12.3. The third-order valence-electron chi connectivity index (χ3n) is 5.31. The summed E-state index contributed by atoms with van der Waals surface area (Å²) in [4.78, 5) is 14.8. The molecule has 0 saturated carbocycles. The number of benzene rings is 1. The molecule has 6 nitrogen and oxygen atoms in total. The summed E-state index contributed by atoms with van der Waals surface area (Å²) in [6.45, 7) is 9.15. The summed E-state index contributed by atoms with van der Waals surface area (Å²) < 4.78 is 10.9. The fourth-order valence-electron chi connectivity index (χ4n) is 3.47. The van der Waals surface area contributed by atoms with Crippen LogP contribution in [0.3, 0.4) is 0 Å². The number of carbonyl (C=O) groups excluding carboxylic acids is 1. The molecular formula is C21H29N3O3. The minimum absolute atomic E-state index is 0.0445. The van der Waals surface area contributed by atoms with Gasteiger partial charge in [0.05, 0.1) is 11.3 Å². The molecule has 1 aliphatic rings. The predicted molar refractivity (Wildman–Crippen MR) is 104 cm³/mol. The third kappa shape index (κ3) is 5.10. The molecule has 27 heavy (non-hydrogen) atoms. The molecule has 1 aromatic heterocycles. The van der Waals surface area contributed by atoms with Crippen molar-refractivity contribution in [3.05, 3.63) is 46.8 Å². The predicted octanol–water partition coefficient (Wildman–Crippen LogP) is 3.47. The van der Waals surface area contributed by atoms with Crippen molar-refractivity contribution < 1.29 is 14.1 Å². The molecule has 0 radical (unpaired) electrons. The van der Waals surface area contributed by atoms with Crippen LogP contribution in [0.2, 0.25) is 0 Å². The lowest BCUT2D eigenvalue weighted by molar-refractivity contribution is 0.0938. The van der Waals surface area contributed by atoms with Crippen molar-refractivity contribution in [2.24, 2.45) is 0 Å². The molecule has 2 heterocycles. The Hall–Kier alpha value is -2.34. The zero-order valence-electron chi connectivity index (χ0n) is 16.5. The summed E-state index contributed by atoms with van der Waals surface area (Å²) in [5, 5.41) is 6.93. The number of piperidine rings is 1. The van der Waals surface area contributed by atoms with Gasteiger partial charge in [-0.05, 0) is 64.4 Å². The standard InChI is InChI=1S/C21H29N3O3/c1-15-6-4-5-12-24(15)13-11-22-21(25)18-7-9-19(10-8-18)26-14-20-16(2)23-27-17(20)3/h7-10,15H,4-6,11-14H2,1-3H3,(H,22,25). The maximum absolute atomic E-state index is 12.3. The average Bonchev–Trinajstić information content (AvgIpc) is 3.00. The number of aryl methyl sites for hydroxylation is 2. The first-order valence-electron chi connectivity index (χ1n) is 9.71. The van der Waals surface area contributed by atoms with Crippen molar-refractivity contribution >= 4 is 5.91 Å². The third-order valence-corrected chi connectivity index (χ3v) is 5.31. The quantitative estimate of drug-likeness (QED) is 0.807. The lowest BCUT2D eigenvalue weighted by Gasteiger charge is -2.33. The van der Waals surface area contributed by atoms with Crippen molar-refractivity contribution in [2.75, 3.05) is 19.6 Å². The Morgan fingerprint density at radius 3 is 2.74 bits per heavy atom. The molecule has 1 aromatic carbocycles. The summed E-state index contributed by atoms with van der Waals surface area (Å²) in [5.74, 6) is 1.44. The Balaban J connectivity index is 1.45. The fourth-order valence-corrected chi connectivity index (χ4v) is 3.47. The summed E-state index contributed by atoms with van der Waals surface area (Å²) in [6, 6.07) is 7.84. The van der Waals surface area contributed by atoms with Crippen molar-refractivity contribution in [3.63, 3.8) is 0 Å². The number of hydrogen-bond acceptors (Lipinski definition) is 5. The number of aromatic nitrogens is 1. The minimum atomic E-state index is -0.0445. The highest BCUT2D eigenvalue weighted by atomic mass is 16.5. The van der Waals surface area contributed by atoms with Crippen molar-refractivity contribution in [2.45, 2.75) is 52.7 Å². The monoisotopic (exact) mass is 371 g/mol. The zero-order valence-corrected chi connectivity index (χ0v) is 16.5. The first kappa shape index (κ1) is 19.4. The highest BCUT2D eigenvalue weighted by Gasteiger charge is 2.17. The number of nitrogens with one attached hydrogen (secondary N) is 1. The molecule has 1 saturated heterocycles. The van der Waals surface area contributed by atoms with E-state index in [-0.39, 0.29) is 5.91 Å². The molecule has 1 unspecified atom stereocenters. The largest absolute Gasteiger partial charge is 0.489 e. The van der Waals surface area contributed by atoms with Gasteiger partial charge >= 0.3 is 0 Å². The van der Waals surface area contributed by atoms with Gasteiger partial charge < -0.3 is 14.6 Å². The highest BCUT2D eigenvalue weighted by Crippen LogP contribution is 2.18. The molecule has 0 bridgehead atoms. The van der Waals surface area contributed by atoms with Crippen LogP contribution in [-0.4, -0.2) is 41.6 Å². The summed E-state index contributed by atoms with van der Waals surface area (Å²) in [5.41, 5.74) is 2.45. The molecule has 1 amide bonds. The van der Waals surface area contributed by atoms with Crippen LogP contribution in [0.15, 0.2) is 28.8 Å². The van der Waals surface area contributed by atoms with E-state index in [1.54, 1.807) is 12.1 Å². The van der Waals surface area contributed by atoms with Crippen LogP contribution in [0.4, 0.5) is 0 Å². The molecule has 1 fully saturated rings. The van der Waals surface area contributed by atoms with Crippen LogP contribution in [0.1, 0.15) is 53.6 Å². The van der Waals surface area contributed by atoms with Crippen LogP contribution in [0, 0.1) is 13.8 Å². The van der Waals surface area contributed by atoms with Gasteiger partial charge in [0.2, 0.25) is 0 Å². The molecule has 1 N–H and O–H groups in total. The summed E-state index contributed by atoms with van der Waals surface area (Å²) in [7, 11) is 0. The summed E-state index contributed by atoms with van der Waals surface area (Å²) >= 11 is 0. The Labute approximate surface area is 160 Å². The molecule has 146 valence electrons. The van der Waals surface area contributed by atoms with E-state index in [1.807, 2.05) is 26.0 Å². The van der Waals surface area contributed by atoms with E-state index in [0.717, 1.165) is 30.1 Å². The van der Waals surface area contributed by atoms with Gasteiger partial charge in [0, 0.05) is 24.7 Å². The van der Waals surface area contributed by atoms with E-state index in [4.69, 9.17) is 9.26 Å². The van der Waals surface area contributed by atoms with E-state index in [2.05, 4.69) is 22.3 Å². The highest BCUT2D eigenvalue weighted by molar-refractivity contribution is 5.94. The van der Waals surface area contributed by atoms with Gasteiger partial charge in [-0.25, -0.2) is 0 Å². The fraction of sp³-hybridized carbons (Fsp3) is 0.524. The second kappa shape index (κ2) is 9.04. The number of hydrogen-bond donors (Lipinski definition) is 1.